The van der Waals surface area contributed by atoms with E-state index in [-0.39, 0.29) is 39.4 Å². The molecule has 1 aliphatic carbocycles. The SMILES string of the molecule is Nc1ccc(S(=O)(=O)N2CCSC2C(=O)OC(Cc2c(Cl)cncc2Cl)c2ccc(OC(F)F)c(OCC3CC3)c2)cc1. The van der Waals surface area contributed by atoms with Crippen LogP contribution in [0.5, 0.6) is 11.5 Å². The van der Waals surface area contributed by atoms with Crippen LogP contribution in [0.4, 0.5) is 14.5 Å². The van der Waals surface area contributed by atoms with E-state index in [4.69, 9.17) is 38.4 Å². The molecule has 2 unspecified atom stereocenters. The van der Waals surface area contributed by atoms with E-state index in [1.807, 2.05) is 0 Å². The van der Waals surface area contributed by atoms with Crippen LogP contribution in [0.15, 0.2) is 59.8 Å². The van der Waals surface area contributed by atoms with Crippen molar-refractivity contribution in [2.45, 2.75) is 42.2 Å². The van der Waals surface area contributed by atoms with Gasteiger partial charge in [-0.1, -0.05) is 29.3 Å². The van der Waals surface area contributed by atoms with Gasteiger partial charge in [-0.2, -0.15) is 13.1 Å². The molecule has 0 spiro atoms. The number of anilines is 1. The van der Waals surface area contributed by atoms with Crippen molar-refractivity contribution in [2.75, 3.05) is 24.6 Å². The van der Waals surface area contributed by atoms with Crippen molar-refractivity contribution in [1.82, 2.24) is 9.29 Å². The fraction of sp³-hybridized carbons (Fsp3) is 0.357. The van der Waals surface area contributed by atoms with Gasteiger partial charge in [-0.05, 0) is 66.3 Å². The van der Waals surface area contributed by atoms with Gasteiger partial charge in [0.15, 0.2) is 16.9 Å². The number of sulfonamides is 1. The van der Waals surface area contributed by atoms with E-state index in [2.05, 4.69) is 9.72 Å². The molecular formula is C28H27Cl2F2N3O6S2. The number of alkyl halides is 2. The lowest BCUT2D eigenvalue weighted by atomic mass is 10.0. The van der Waals surface area contributed by atoms with E-state index in [1.165, 1.54) is 54.9 Å². The summed E-state index contributed by atoms with van der Waals surface area (Å²) in [6.07, 6.45) is 3.64. The summed E-state index contributed by atoms with van der Waals surface area (Å²) in [6.45, 7) is -2.68. The molecule has 0 radical (unpaired) electrons. The maximum Gasteiger partial charge on any atom is 0.387 e. The van der Waals surface area contributed by atoms with Gasteiger partial charge in [-0.15, -0.1) is 11.8 Å². The molecule has 1 aromatic heterocycles. The van der Waals surface area contributed by atoms with E-state index >= 15 is 0 Å². The van der Waals surface area contributed by atoms with E-state index in [0.717, 1.165) is 28.9 Å². The Hall–Kier alpha value is -2.84. The third kappa shape index (κ3) is 7.63. The highest BCUT2D eigenvalue weighted by atomic mass is 35.5. The second kappa shape index (κ2) is 13.4. The molecule has 3 aromatic rings. The second-order valence-electron chi connectivity index (χ2n) is 9.96. The Morgan fingerprint density at radius 3 is 2.44 bits per heavy atom. The standard InChI is InChI=1S/C28H27Cl2F2N3O6S2/c29-21-13-34-14-22(30)20(21)12-24(17-3-8-23(41-28(31)32)25(11-17)39-15-16-1-2-16)40-27(36)26-35(9-10-42-26)43(37,38)19-6-4-18(33)5-7-19/h3-8,11,13-14,16,24,26,28H,1-2,9-10,12,15,33H2. The number of aromatic nitrogens is 1. The van der Waals surface area contributed by atoms with Crippen molar-refractivity contribution >= 4 is 56.6 Å². The minimum Gasteiger partial charge on any atom is -0.489 e. The van der Waals surface area contributed by atoms with Crippen molar-refractivity contribution in [3.8, 4) is 11.5 Å². The van der Waals surface area contributed by atoms with Crippen LogP contribution in [0.2, 0.25) is 10.0 Å². The average molecular weight is 675 g/mol. The molecule has 0 amide bonds. The fourth-order valence-electron chi connectivity index (χ4n) is 4.43. The van der Waals surface area contributed by atoms with Crippen LogP contribution in [0, 0.1) is 5.92 Å². The first-order valence-corrected chi connectivity index (χ1v) is 16.5. The Morgan fingerprint density at radius 1 is 1.09 bits per heavy atom. The molecule has 2 fully saturated rings. The third-order valence-electron chi connectivity index (χ3n) is 6.86. The number of nitrogens with two attached hydrogens (primary N) is 1. The number of ether oxygens (including phenoxy) is 3. The van der Waals surface area contributed by atoms with Crippen LogP contribution in [0.1, 0.15) is 30.1 Å². The van der Waals surface area contributed by atoms with E-state index in [0.29, 0.717) is 35.1 Å². The molecule has 2 aromatic carbocycles. The van der Waals surface area contributed by atoms with Crippen LogP contribution < -0.4 is 15.2 Å². The summed E-state index contributed by atoms with van der Waals surface area (Å²) in [5.74, 6) is -0.253. The summed E-state index contributed by atoms with van der Waals surface area (Å²) in [6, 6.07) is 9.91. The number of pyridine rings is 1. The van der Waals surface area contributed by atoms with Crippen LogP contribution in [0.25, 0.3) is 0 Å². The molecule has 2 aliphatic rings. The third-order valence-corrected chi connectivity index (χ3v) is 10.7. The maximum absolute atomic E-state index is 13.6. The highest BCUT2D eigenvalue weighted by molar-refractivity contribution is 8.02. The van der Waals surface area contributed by atoms with E-state index in [9.17, 15) is 22.0 Å². The van der Waals surface area contributed by atoms with Gasteiger partial charge in [0.05, 0.1) is 21.5 Å². The number of hydrogen-bond acceptors (Lipinski definition) is 9. The molecule has 2 atom stereocenters. The van der Waals surface area contributed by atoms with Gasteiger partial charge in [0.25, 0.3) is 0 Å². The Kier molecular flexibility index (Phi) is 9.86. The largest absolute Gasteiger partial charge is 0.489 e. The van der Waals surface area contributed by atoms with Crippen LogP contribution in [0.3, 0.4) is 0 Å². The Bertz CT molecular complexity index is 1560. The summed E-state index contributed by atoms with van der Waals surface area (Å²) >= 11 is 13.9. The number of halogens is 4. The molecule has 9 nitrogen and oxygen atoms in total. The zero-order valence-corrected chi connectivity index (χ0v) is 25.6. The number of nitrogens with zero attached hydrogens (tertiary/aromatic N) is 2. The minimum atomic E-state index is -4.06. The van der Waals surface area contributed by atoms with Crippen LogP contribution in [-0.2, 0) is 26.0 Å². The summed E-state index contributed by atoms with van der Waals surface area (Å²) in [5.41, 5.74) is 6.91. The second-order valence-corrected chi connectivity index (χ2v) is 13.9. The first-order valence-electron chi connectivity index (χ1n) is 13.2. The van der Waals surface area contributed by atoms with Gasteiger partial charge in [-0.3, -0.25) is 4.98 Å². The molecule has 0 bridgehead atoms. The number of carbonyl (C=O) groups is 1. The monoisotopic (exact) mass is 673 g/mol. The number of nitrogen functional groups attached to an aromatic ring is 1. The Labute approximate surface area is 261 Å². The first-order chi connectivity index (χ1) is 20.5. The van der Waals surface area contributed by atoms with Crippen LogP contribution in [-0.4, -0.2) is 54.6 Å². The maximum atomic E-state index is 13.6. The molecular weight excluding hydrogens is 647 g/mol. The molecule has 1 aliphatic heterocycles. The number of rotatable bonds is 12. The number of benzene rings is 2. The lowest BCUT2D eigenvalue weighted by Gasteiger charge is -2.26. The number of esters is 1. The smallest absolute Gasteiger partial charge is 0.387 e. The zero-order valence-electron chi connectivity index (χ0n) is 22.5. The van der Waals surface area contributed by atoms with E-state index < -0.39 is 34.1 Å². The molecule has 1 saturated carbocycles. The lowest BCUT2D eigenvalue weighted by molar-refractivity contribution is -0.150. The van der Waals surface area contributed by atoms with Crippen molar-refractivity contribution in [1.29, 1.82) is 0 Å². The summed E-state index contributed by atoms with van der Waals surface area (Å²) in [5, 5.41) is -0.737. The van der Waals surface area contributed by atoms with Crippen molar-refractivity contribution in [3.05, 3.63) is 76.0 Å². The van der Waals surface area contributed by atoms with Crippen molar-refractivity contribution < 1.29 is 36.2 Å². The van der Waals surface area contributed by atoms with Gasteiger partial charge >= 0.3 is 12.6 Å². The highest BCUT2D eigenvalue weighted by Gasteiger charge is 2.42. The quantitative estimate of drug-likeness (QED) is 0.184. The average Bonchev–Trinajstić information content (AvgIpc) is 3.65. The molecule has 43 heavy (non-hydrogen) atoms. The molecule has 5 rings (SSSR count). The van der Waals surface area contributed by atoms with E-state index in [1.54, 1.807) is 0 Å². The predicted molar refractivity (Wildman–Crippen MR) is 159 cm³/mol. The molecule has 2 heterocycles. The zero-order chi connectivity index (χ0) is 30.7. The van der Waals surface area contributed by atoms with Gasteiger partial charge in [0.2, 0.25) is 10.0 Å². The van der Waals surface area contributed by atoms with Crippen LogP contribution >= 0.6 is 35.0 Å². The van der Waals surface area contributed by atoms with Gasteiger partial charge in [-0.25, -0.2) is 13.2 Å². The van der Waals surface area contributed by atoms with Crippen molar-refractivity contribution in [2.24, 2.45) is 5.92 Å². The minimum absolute atomic E-state index is 0.0130. The molecule has 2 N–H and O–H groups in total. The normalized spacial score (nSPS) is 18.0. The Balaban J connectivity index is 1.46. The van der Waals surface area contributed by atoms with Crippen molar-refractivity contribution in [3.63, 3.8) is 0 Å². The van der Waals surface area contributed by atoms with Gasteiger partial charge in [0, 0.05) is 36.8 Å². The first kappa shape index (κ1) is 31.6. The fourth-order valence-corrected chi connectivity index (χ4v) is 8.00. The summed E-state index contributed by atoms with van der Waals surface area (Å²) in [4.78, 5) is 17.6. The van der Waals surface area contributed by atoms with Gasteiger partial charge in [0.1, 0.15) is 6.10 Å². The Morgan fingerprint density at radius 2 is 1.79 bits per heavy atom. The number of thioether (sulfide) groups is 1. The summed E-state index contributed by atoms with van der Waals surface area (Å²) in [7, 11) is -4.06. The lowest BCUT2D eigenvalue weighted by Crippen LogP contribution is -2.40. The molecule has 230 valence electrons. The topological polar surface area (TPSA) is 121 Å². The number of hydrogen-bond donors (Lipinski definition) is 1. The molecule has 15 heteroatoms. The predicted octanol–water partition coefficient (Wildman–Crippen LogP) is 5.95. The summed E-state index contributed by atoms with van der Waals surface area (Å²) < 4.78 is 70.6. The number of carbonyl (C=O) groups excluding carboxylic acids is 1. The molecule has 1 saturated heterocycles. The van der Waals surface area contributed by atoms with Gasteiger partial charge < -0.3 is 19.9 Å². The highest BCUT2D eigenvalue weighted by Crippen LogP contribution is 2.39.